The Hall–Kier alpha value is -0.0800. The fourth-order valence-corrected chi connectivity index (χ4v) is 0.0833. The zero-order valence-electron chi connectivity index (χ0n) is 12.3. The highest BCUT2D eigenvalue weighted by atomic mass is 16.7. The van der Waals surface area contributed by atoms with Crippen molar-refractivity contribution >= 4 is 0 Å². The first-order valence-corrected chi connectivity index (χ1v) is 5.47. The molecule has 15 heavy (non-hydrogen) atoms. The second-order valence-electron chi connectivity index (χ2n) is 6.31. The maximum atomic E-state index is 4.86. The Labute approximate surface area is 96.4 Å². The molecule has 0 amide bonds. The molecule has 0 saturated heterocycles. The summed E-state index contributed by atoms with van der Waals surface area (Å²) in [5.41, 5.74) is 0.875. The Morgan fingerprint density at radius 2 is 0.733 bits per heavy atom. The van der Waals surface area contributed by atoms with Crippen LogP contribution < -0.4 is 0 Å². The van der Waals surface area contributed by atoms with Crippen LogP contribution in [0.3, 0.4) is 0 Å². The molecular weight excluding hydrogens is 188 g/mol. The first-order chi connectivity index (χ1) is 6.37. The van der Waals surface area contributed by atoms with E-state index in [0.29, 0.717) is 10.8 Å². The quantitative estimate of drug-likeness (QED) is 0.650. The van der Waals surface area contributed by atoms with Crippen molar-refractivity contribution in [3.63, 3.8) is 0 Å². The SMILES string of the molecule is CC(C)(C)C(C)(C)C.COC(C)(C)OC. The van der Waals surface area contributed by atoms with Crippen LogP contribution in [0.15, 0.2) is 0 Å². The molecule has 0 spiro atoms. The number of ether oxygens (including phenoxy) is 2. The van der Waals surface area contributed by atoms with Crippen LogP contribution in [0, 0.1) is 10.8 Å². The van der Waals surface area contributed by atoms with Crippen molar-refractivity contribution < 1.29 is 9.47 Å². The van der Waals surface area contributed by atoms with Gasteiger partial charge in [0.1, 0.15) is 0 Å². The molecule has 0 bridgehead atoms. The van der Waals surface area contributed by atoms with Crippen molar-refractivity contribution in [3.8, 4) is 0 Å². The highest BCUT2D eigenvalue weighted by Crippen LogP contribution is 2.36. The Kier molecular flexibility index (Phi) is 6.76. The van der Waals surface area contributed by atoms with Gasteiger partial charge in [0.15, 0.2) is 5.79 Å². The van der Waals surface area contributed by atoms with Gasteiger partial charge in [0.25, 0.3) is 0 Å². The molecule has 0 rings (SSSR count). The lowest BCUT2D eigenvalue weighted by molar-refractivity contribution is -0.178. The van der Waals surface area contributed by atoms with E-state index >= 15 is 0 Å². The van der Waals surface area contributed by atoms with E-state index in [1.165, 1.54) is 0 Å². The number of hydrogen-bond acceptors (Lipinski definition) is 2. The van der Waals surface area contributed by atoms with E-state index in [1.54, 1.807) is 14.2 Å². The minimum absolute atomic E-state index is 0.417. The largest absolute Gasteiger partial charge is 0.354 e. The van der Waals surface area contributed by atoms with E-state index in [4.69, 9.17) is 9.47 Å². The van der Waals surface area contributed by atoms with E-state index in [-0.39, 0.29) is 0 Å². The van der Waals surface area contributed by atoms with Crippen molar-refractivity contribution in [3.05, 3.63) is 0 Å². The van der Waals surface area contributed by atoms with E-state index < -0.39 is 5.79 Å². The minimum atomic E-state index is -0.417. The summed E-state index contributed by atoms with van der Waals surface area (Å²) in [6, 6.07) is 0. The summed E-state index contributed by atoms with van der Waals surface area (Å²) in [5.74, 6) is -0.417. The molecule has 0 heterocycles. The number of rotatable bonds is 2. The molecule has 0 unspecified atom stereocenters. The van der Waals surface area contributed by atoms with Gasteiger partial charge < -0.3 is 9.47 Å². The molecule has 0 aromatic carbocycles. The average Bonchev–Trinajstić information content (AvgIpc) is 2.02. The lowest BCUT2D eigenvalue weighted by Gasteiger charge is -2.34. The van der Waals surface area contributed by atoms with Crippen LogP contribution in [0.4, 0.5) is 0 Å². The molecule has 0 N–H and O–H groups in total. The molecular formula is C13H30O2. The molecule has 0 aliphatic carbocycles. The zero-order valence-corrected chi connectivity index (χ0v) is 12.3. The molecule has 0 saturated carbocycles. The van der Waals surface area contributed by atoms with Crippen molar-refractivity contribution in [1.29, 1.82) is 0 Å². The van der Waals surface area contributed by atoms with Crippen molar-refractivity contribution in [1.82, 2.24) is 0 Å². The van der Waals surface area contributed by atoms with Gasteiger partial charge in [0, 0.05) is 14.2 Å². The summed E-state index contributed by atoms with van der Waals surface area (Å²) >= 11 is 0. The van der Waals surface area contributed by atoms with Gasteiger partial charge in [-0.3, -0.25) is 0 Å². The molecule has 0 radical (unpaired) electrons. The monoisotopic (exact) mass is 218 g/mol. The standard InChI is InChI=1S/C8H18.C5H12O2/c1-7(2,3)8(4,5)6;1-5(2,6-3)7-4/h1-6H3;1-4H3. The summed E-state index contributed by atoms with van der Waals surface area (Å²) in [6.07, 6.45) is 0. The molecule has 2 nitrogen and oxygen atoms in total. The first kappa shape index (κ1) is 17.3. The summed E-state index contributed by atoms with van der Waals surface area (Å²) in [4.78, 5) is 0. The third-order valence-electron chi connectivity index (χ3n) is 3.23. The maximum absolute atomic E-state index is 4.86. The third-order valence-corrected chi connectivity index (χ3v) is 3.23. The summed E-state index contributed by atoms with van der Waals surface area (Å²) < 4.78 is 9.73. The highest BCUT2D eigenvalue weighted by Gasteiger charge is 2.26. The summed E-state index contributed by atoms with van der Waals surface area (Å²) in [5, 5.41) is 0. The molecule has 0 fully saturated rings. The topological polar surface area (TPSA) is 18.5 Å². The second-order valence-corrected chi connectivity index (χ2v) is 6.31. The van der Waals surface area contributed by atoms with E-state index in [0.717, 1.165) is 0 Å². The molecule has 0 aromatic rings. The van der Waals surface area contributed by atoms with Gasteiger partial charge in [-0.05, 0) is 24.7 Å². The predicted octanol–water partition coefficient (Wildman–Crippen LogP) is 4.09. The fourth-order valence-electron chi connectivity index (χ4n) is 0.0833. The normalized spacial score (nSPS) is 13.2. The van der Waals surface area contributed by atoms with Gasteiger partial charge in [-0.15, -0.1) is 0 Å². The van der Waals surface area contributed by atoms with Gasteiger partial charge in [-0.2, -0.15) is 0 Å². The highest BCUT2D eigenvalue weighted by molar-refractivity contribution is 4.77. The number of methoxy groups -OCH3 is 2. The van der Waals surface area contributed by atoms with Crippen LogP contribution in [0.5, 0.6) is 0 Å². The lowest BCUT2D eigenvalue weighted by Crippen LogP contribution is -2.25. The second kappa shape index (κ2) is 5.86. The van der Waals surface area contributed by atoms with Crippen molar-refractivity contribution in [2.75, 3.05) is 14.2 Å². The molecule has 0 aliphatic rings. The van der Waals surface area contributed by atoms with Gasteiger partial charge in [0.05, 0.1) is 0 Å². The van der Waals surface area contributed by atoms with E-state index in [2.05, 4.69) is 41.5 Å². The van der Waals surface area contributed by atoms with Crippen molar-refractivity contribution in [2.24, 2.45) is 10.8 Å². The van der Waals surface area contributed by atoms with Gasteiger partial charge >= 0.3 is 0 Å². The van der Waals surface area contributed by atoms with Gasteiger partial charge in [-0.1, -0.05) is 41.5 Å². The fraction of sp³-hybridized carbons (Fsp3) is 1.00. The average molecular weight is 218 g/mol. The van der Waals surface area contributed by atoms with E-state index in [9.17, 15) is 0 Å². The zero-order chi connectivity index (χ0) is 12.9. The van der Waals surface area contributed by atoms with Crippen LogP contribution >= 0.6 is 0 Å². The number of hydrogen-bond donors (Lipinski definition) is 0. The van der Waals surface area contributed by atoms with Crippen LogP contribution in [-0.4, -0.2) is 20.0 Å². The van der Waals surface area contributed by atoms with Crippen LogP contribution in [0.2, 0.25) is 0 Å². The van der Waals surface area contributed by atoms with Crippen LogP contribution in [-0.2, 0) is 9.47 Å². The Bertz CT molecular complexity index is 140. The summed E-state index contributed by atoms with van der Waals surface area (Å²) in [7, 11) is 3.23. The first-order valence-electron chi connectivity index (χ1n) is 5.47. The van der Waals surface area contributed by atoms with Gasteiger partial charge in [0.2, 0.25) is 0 Å². The molecule has 94 valence electrons. The van der Waals surface area contributed by atoms with Crippen molar-refractivity contribution in [2.45, 2.75) is 61.2 Å². The molecule has 0 atom stereocenters. The lowest BCUT2D eigenvalue weighted by atomic mass is 9.71. The van der Waals surface area contributed by atoms with E-state index in [1.807, 2.05) is 13.8 Å². The Balaban J connectivity index is 0. The third kappa shape index (κ3) is 8.88. The smallest absolute Gasteiger partial charge is 0.161 e. The summed E-state index contributed by atoms with van der Waals surface area (Å²) in [6.45, 7) is 17.3. The molecule has 0 aliphatic heterocycles. The molecule has 2 heteroatoms. The maximum Gasteiger partial charge on any atom is 0.161 e. The minimum Gasteiger partial charge on any atom is -0.354 e. The van der Waals surface area contributed by atoms with Crippen LogP contribution in [0.25, 0.3) is 0 Å². The Morgan fingerprint density at radius 1 is 0.533 bits per heavy atom. The Morgan fingerprint density at radius 3 is 0.733 bits per heavy atom. The molecule has 0 aromatic heterocycles. The predicted molar refractivity (Wildman–Crippen MR) is 67.0 cm³/mol. The van der Waals surface area contributed by atoms with Gasteiger partial charge in [-0.25, -0.2) is 0 Å². The van der Waals surface area contributed by atoms with Crippen LogP contribution in [0.1, 0.15) is 55.4 Å².